The average Bonchev–Trinajstić information content (AvgIpc) is 3.30. The van der Waals surface area contributed by atoms with Gasteiger partial charge in [0.25, 0.3) is 5.91 Å². The van der Waals surface area contributed by atoms with Crippen molar-refractivity contribution in [3.05, 3.63) is 64.8 Å². The van der Waals surface area contributed by atoms with Gasteiger partial charge < -0.3 is 35.1 Å². The van der Waals surface area contributed by atoms with Gasteiger partial charge in [0.15, 0.2) is 0 Å². The van der Waals surface area contributed by atoms with Gasteiger partial charge in [-0.2, -0.15) is 4.98 Å². The smallest absolute Gasteiger partial charge is 0.407 e. The number of ether oxygens (including phenoxy) is 3. The Morgan fingerprint density at radius 2 is 1.84 bits per heavy atom. The maximum Gasteiger partial charge on any atom is 0.407 e. The topological polar surface area (TPSA) is 127 Å². The molecule has 11 nitrogen and oxygen atoms in total. The van der Waals surface area contributed by atoms with Crippen LogP contribution in [0.4, 0.5) is 22.2 Å². The molecule has 1 aromatic heterocycles. The van der Waals surface area contributed by atoms with E-state index in [0.717, 1.165) is 42.5 Å². The zero-order valence-corrected chi connectivity index (χ0v) is 27.0. The summed E-state index contributed by atoms with van der Waals surface area (Å²) < 4.78 is 16.4. The molecule has 2 heterocycles. The fourth-order valence-corrected chi connectivity index (χ4v) is 5.93. The molecule has 240 valence electrons. The van der Waals surface area contributed by atoms with Crippen LogP contribution in [0.2, 0.25) is 0 Å². The van der Waals surface area contributed by atoms with Crippen molar-refractivity contribution in [2.45, 2.75) is 78.1 Å². The number of aryl methyl sites for hydroxylation is 1. The Kier molecular flexibility index (Phi) is 9.65. The molecule has 0 saturated heterocycles. The molecule has 2 atom stereocenters. The van der Waals surface area contributed by atoms with E-state index in [2.05, 4.69) is 16.0 Å². The molecule has 0 radical (unpaired) electrons. The number of carbonyl (C=O) groups is 2. The second kappa shape index (κ2) is 13.6. The van der Waals surface area contributed by atoms with Crippen LogP contribution in [-0.4, -0.2) is 59.3 Å². The van der Waals surface area contributed by atoms with Gasteiger partial charge in [-0.15, -0.1) is 0 Å². The van der Waals surface area contributed by atoms with Crippen molar-refractivity contribution in [3.8, 4) is 11.5 Å². The van der Waals surface area contributed by atoms with Gasteiger partial charge >= 0.3 is 6.09 Å². The first-order valence-corrected chi connectivity index (χ1v) is 15.5. The molecule has 2 aliphatic rings. The third kappa shape index (κ3) is 7.95. The van der Waals surface area contributed by atoms with Gasteiger partial charge in [0.2, 0.25) is 5.95 Å². The number of nitrogens with zero attached hydrogens (tertiary/aromatic N) is 3. The third-order valence-corrected chi connectivity index (χ3v) is 8.10. The molecular weight excluding hydrogens is 572 g/mol. The van der Waals surface area contributed by atoms with Crippen LogP contribution in [0.5, 0.6) is 11.5 Å². The molecule has 1 fully saturated rings. The molecule has 3 aromatic rings. The SMILES string of the molecule is COc1ccc(CN2Cc3nc(NC[C@@H]4CCCC[C@@H]4NC(=O)OC(C)(C)C)nc(Nc4cccc(C)c4)c3C2=O)c(OC)c1. The summed E-state index contributed by atoms with van der Waals surface area (Å²) in [6, 6.07) is 13.5. The predicted octanol–water partition coefficient (Wildman–Crippen LogP) is 6.20. The molecule has 1 aliphatic carbocycles. The van der Waals surface area contributed by atoms with Gasteiger partial charge in [0.1, 0.15) is 28.5 Å². The highest BCUT2D eigenvalue weighted by atomic mass is 16.6. The molecular formula is C34H44N6O5. The summed E-state index contributed by atoms with van der Waals surface area (Å²) in [6.45, 7) is 8.84. The highest BCUT2D eigenvalue weighted by Gasteiger charge is 2.34. The van der Waals surface area contributed by atoms with Crippen LogP contribution in [0.25, 0.3) is 0 Å². The predicted molar refractivity (Wildman–Crippen MR) is 173 cm³/mol. The standard InChI is InChI=1S/C34H44N6O5/c1-21-10-9-12-24(16-21)36-30-29-27(20-40(31(29)41)19-23-14-15-25(43-5)17-28(23)44-6)37-32(39-30)35-18-22-11-7-8-13-26(22)38-33(42)45-34(2,3)4/h9-10,12,14-17,22,26H,7-8,11,13,18-20H2,1-6H3,(H,38,42)(H2,35,36,37,39)/t22-,26-/m0/s1. The van der Waals surface area contributed by atoms with Gasteiger partial charge in [0, 0.05) is 29.9 Å². The number of aromatic nitrogens is 2. The number of rotatable bonds is 10. The van der Waals surface area contributed by atoms with Gasteiger partial charge in [-0.1, -0.05) is 25.0 Å². The number of hydrogen-bond acceptors (Lipinski definition) is 9. The van der Waals surface area contributed by atoms with E-state index in [1.807, 2.05) is 70.2 Å². The molecule has 3 N–H and O–H groups in total. The van der Waals surface area contributed by atoms with E-state index in [-0.39, 0.29) is 17.9 Å². The molecule has 11 heteroatoms. The summed E-state index contributed by atoms with van der Waals surface area (Å²) in [5.41, 5.74) is 3.32. The quantitative estimate of drug-likeness (QED) is 0.244. The van der Waals surface area contributed by atoms with E-state index in [9.17, 15) is 9.59 Å². The van der Waals surface area contributed by atoms with Gasteiger partial charge in [-0.3, -0.25) is 4.79 Å². The van der Waals surface area contributed by atoms with E-state index in [1.165, 1.54) is 0 Å². The van der Waals surface area contributed by atoms with Crippen molar-refractivity contribution in [2.24, 2.45) is 5.92 Å². The monoisotopic (exact) mass is 616 g/mol. The second-order valence-corrected chi connectivity index (χ2v) is 12.7. The molecule has 0 spiro atoms. The molecule has 1 saturated carbocycles. The molecule has 2 aromatic carbocycles. The Labute approximate surface area is 265 Å². The number of anilines is 3. The Morgan fingerprint density at radius 3 is 2.58 bits per heavy atom. The Morgan fingerprint density at radius 1 is 1.04 bits per heavy atom. The Balaban J connectivity index is 1.38. The molecule has 45 heavy (non-hydrogen) atoms. The zero-order valence-electron chi connectivity index (χ0n) is 27.0. The van der Waals surface area contributed by atoms with Crippen LogP contribution < -0.4 is 25.4 Å². The molecule has 1 aliphatic heterocycles. The number of hydrogen-bond donors (Lipinski definition) is 3. The van der Waals surface area contributed by atoms with E-state index in [4.69, 9.17) is 24.2 Å². The van der Waals surface area contributed by atoms with Crippen molar-refractivity contribution in [3.63, 3.8) is 0 Å². The third-order valence-electron chi connectivity index (χ3n) is 8.10. The molecule has 2 amide bonds. The van der Waals surface area contributed by atoms with Crippen molar-refractivity contribution in [1.82, 2.24) is 20.2 Å². The van der Waals surface area contributed by atoms with Crippen molar-refractivity contribution >= 4 is 29.5 Å². The van der Waals surface area contributed by atoms with Crippen molar-refractivity contribution < 1.29 is 23.8 Å². The van der Waals surface area contributed by atoms with Crippen LogP contribution in [0.3, 0.4) is 0 Å². The summed E-state index contributed by atoms with van der Waals surface area (Å²) >= 11 is 0. The first-order valence-electron chi connectivity index (χ1n) is 15.5. The summed E-state index contributed by atoms with van der Waals surface area (Å²) in [5.74, 6) is 2.23. The molecule has 0 bridgehead atoms. The lowest BCUT2D eigenvalue weighted by atomic mass is 9.84. The number of benzene rings is 2. The van der Waals surface area contributed by atoms with E-state index in [0.29, 0.717) is 54.2 Å². The number of nitrogens with one attached hydrogen (secondary N) is 3. The highest BCUT2D eigenvalue weighted by Crippen LogP contribution is 2.34. The lowest BCUT2D eigenvalue weighted by Crippen LogP contribution is -2.46. The van der Waals surface area contributed by atoms with E-state index in [1.54, 1.807) is 19.1 Å². The summed E-state index contributed by atoms with van der Waals surface area (Å²) in [4.78, 5) is 37.7. The number of methoxy groups -OCH3 is 2. The lowest BCUT2D eigenvalue weighted by molar-refractivity contribution is 0.0472. The Bertz CT molecular complexity index is 1540. The van der Waals surface area contributed by atoms with Gasteiger partial charge in [-0.05, 0) is 76.3 Å². The highest BCUT2D eigenvalue weighted by molar-refractivity contribution is 6.03. The number of fused-ring (bicyclic) bond motifs is 1. The second-order valence-electron chi connectivity index (χ2n) is 12.7. The number of amides is 2. The first-order chi connectivity index (χ1) is 21.5. The number of carbonyl (C=O) groups excluding carboxylic acids is 2. The van der Waals surface area contributed by atoms with Crippen LogP contribution in [0, 0.1) is 12.8 Å². The summed E-state index contributed by atoms with van der Waals surface area (Å²) in [6.07, 6.45) is 3.58. The summed E-state index contributed by atoms with van der Waals surface area (Å²) in [7, 11) is 3.21. The fraction of sp³-hybridized carbons (Fsp3) is 0.471. The zero-order chi connectivity index (χ0) is 32.1. The van der Waals surface area contributed by atoms with Gasteiger partial charge in [-0.25, -0.2) is 9.78 Å². The van der Waals surface area contributed by atoms with E-state index < -0.39 is 11.7 Å². The first kappa shape index (κ1) is 31.9. The van der Waals surface area contributed by atoms with Crippen LogP contribution in [0.15, 0.2) is 42.5 Å². The molecule has 0 unspecified atom stereocenters. The fourth-order valence-electron chi connectivity index (χ4n) is 5.93. The molecule has 5 rings (SSSR count). The number of alkyl carbamates (subject to hydrolysis) is 1. The average molecular weight is 617 g/mol. The van der Waals surface area contributed by atoms with Crippen LogP contribution >= 0.6 is 0 Å². The maximum absolute atomic E-state index is 13.8. The minimum Gasteiger partial charge on any atom is -0.497 e. The van der Waals surface area contributed by atoms with Gasteiger partial charge in [0.05, 0.1) is 33.0 Å². The van der Waals surface area contributed by atoms with Crippen LogP contribution in [0.1, 0.15) is 73.6 Å². The lowest BCUT2D eigenvalue weighted by Gasteiger charge is -2.33. The van der Waals surface area contributed by atoms with E-state index >= 15 is 0 Å². The normalized spacial score (nSPS) is 17.8. The Hall–Kier alpha value is -4.54. The minimum absolute atomic E-state index is 0.0167. The van der Waals surface area contributed by atoms with Crippen molar-refractivity contribution in [2.75, 3.05) is 31.4 Å². The van der Waals surface area contributed by atoms with Crippen molar-refractivity contribution in [1.29, 1.82) is 0 Å². The minimum atomic E-state index is -0.560. The maximum atomic E-state index is 13.8. The largest absolute Gasteiger partial charge is 0.497 e. The van der Waals surface area contributed by atoms with Crippen LogP contribution in [-0.2, 0) is 17.8 Å². The summed E-state index contributed by atoms with van der Waals surface area (Å²) in [5, 5.41) is 9.88.